The second kappa shape index (κ2) is 8.50. The van der Waals surface area contributed by atoms with Crippen molar-refractivity contribution in [2.75, 3.05) is 11.9 Å². The number of benzene rings is 3. The zero-order chi connectivity index (χ0) is 18.2. The quantitative estimate of drug-likeness (QED) is 0.720. The number of rotatable bonds is 6. The predicted molar refractivity (Wildman–Crippen MR) is 102 cm³/mol. The molecule has 0 aliphatic heterocycles. The van der Waals surface area contributed by atoms with Crippen molar-refractivity contribution in [1.82, 2.24) is 0 Å². The van der Waals surface area contributed by atoms with Crippen LogP contribution in [0.4, 0.5) is 5.69 Å². The van der Waals surface area contributed by atoms with Gasteiger partial charge in [0.1, 0.15) is 5.75 Å². The summed E-state index contributed by atoms with van der Waals surface area (Å²) >= 11 is 0. The molecule has 1 amide bonds. The molecule has 0 heterocycles. The van der Waals surface area contributed by atoms with Crippen molar-refractivity contribution in [3.63, 3.8) is 0 Å². The smallest absolute Gasteiger partial charge is 0.262 e. The number of ether oxygens (including phenoxy) is 1. The minimum atomic E-state index is -0.231. The van der Waals surface area contributed by atoms with Gasteiger partial charge < -0.3 is 10.1 Å². The van der Waals surface area contributed by atoms with Gasteiger partial charge in [0, 0.05) is 5.69 Å². The average molecular weight is 342 g/mol. The van der Waals surface area contributed by atoms with E-state index in [9.17, 15) is 4.79 Å². The lowest BCUT2D eigenvalue weighted by Crippen LogP contribution is -2.20. The van der Waals surface area contributed by atoms with Crippen LogP contribution in [0.3, 0.4) is 0 Å². The van der Waals surface area contributed by atoms with Crippen molar-refractivity contribution in [2.24, 2.45) is 0 Å². The topological polar surface area (TPSA) is 62.1 Å². The number of carbonyl (C=O) groups is 1. The van der Waals surface area contributed by atoms with Crippen LogP contribution in [0.5, 0.6) is 5.75 Å². The summed E-state index contributed by atoms with van der Waals surface area (Å²) in [6, 6.07) is 27.0. The monoisotopic (exact) mass is 342 g/mol. The molecule has 1 N–H and O–H groups in total. The Morgan fingerprint density at radius 3 is 2.19 bits per heavy atom. The lowest BCUT2D eigenvalue weighted by atomic mass is 10.1. The third-order valence-corrected chi connectivity index (χ3v) is 3.85. The molecule has 0 aliphatic rings. The summed E-state index contributed by atoms with van der Waals surface area (Å²) in [4.78, 5) is 12.0. The first-order valence-corrected chi connectivity index (χ1v) is 8.28. The number of carbonyl (C=O) groups excluding carboxylic acids is 1. The van der Waals surface area contributed by atoms with Crippen molar-refractivity contribution >= 4 is 11.6 Å². The molecule has 0 aliphatic carbocycles. The van der Waals surface area contributed by atoms with E-state index in [4.69, 9.17) is 10.00 Å². The molecule has 26 heavy (non-hydrogen) atoms. The maximum Gasteiger partial charge on any atom is 0.262 e. The number of nitriles is 1. The van der Waals surface area contributed by atoms with Crippen LogP contribution in [0.2, 0.25) is 0 Å². The van der Waals surface area contributed by atoms with Crippen molar-refractivity contribution in [3.05, 3.63) is 84.4 Å². The Balaban J connectivity index is 1.52. The molecule has 128 valence electrons. The van der Waals surface area contributed by atoms with Crippen LogP contribution in [0, 0.1) is 11.3 Å². The number of nitrogens with zero attached hydrogens (tertiary/aromatic N) is 1. The Kier molecular flexibility index (Phi) is 5.64. The fourth-order valence-electron chi connectivity index (χ4n) is 2.52. The molecule has 0 saturated heterocycles. The largest absolute Gasteiger partial charge is 0.484 e. The number of amides is 1. The zero-order valence-corrected chi connectivity index (χ0v) is 14.2. The second-order valence-electron chi connectivity index (χ2n) is 5.76. The Hall–Kier alpha value is -3.58. The predicted octanol–water partition coefficient (Wildman–Crippen LogP) is 4.44. The molecule has 4 heteroatoms. The maximum atomic E-state index is 12.0. The standard InChI is InChI=1S/C22H18N2O2/c23-15-14-17-6-10-20(11-7-17)24-22(25)16-26-21-12-8-19(9-13-21)18-4-2-1-3-5-18/h1-13H,14,16H2,(H,24,25). The van der Waals surface area contributed by atoms with Gasteiger partial charge in [-0.3, -0.25) is 4.79 Å². The van der Waals surface area contributed by atoms with Gasteiger partial charge in [0.2, 0.25) is 0 Å². The first-order valence-electron chi connectivity index (χ1n) is 8.28. The summed E-state index contributed by atoms with van der Waals surface area (Å²) in [5.41, 5.74) is 3.83. The normalized spacial score (nSPS) is 9.96. The van der Waals surface area contributed by atoms with Crippen molar-refractivity contribution < 1.29 is 9.53 Å². The average Bonchev–Trinajstić information content (AvgIpc) is 2.69. The van der Waals surface area contributed by atoms with Gasteiger partial charge >= 0.3 is 0 Å². The van der Waals surface area contributed by atoms with E-state index in [-0.39, 0.29) is 12.5 Å². The molecule has 3 aromatic rings. The fraction of sp³-hybridized carbons (Fsp3) is 0.0909. The van der Waals surface area contributed by atoms with Crippen LogP contribution >= 0.6 is 0 Å². The lowest BCUT2D eigenvalue weighted by molar-refractivity contribution is -0.118. The molecule has 0 atom stereocenters. The third kappa shape index (κ3) is 4.71. The number of hydrogen-bond donors (Lipinski definition) is 1. The molecular weight excluding hydrogens is 324 g/mol. The fourth-order valence-corrected chi connectivity index (χ4v) is 2.52. The summed E-state index contributed by atoms with van der Waals surface area (Å²) in [7, 11) is 0. The van der Waals surface area contributed by atoms with Crippen molar-refractivity contribution in [1.29, 1.82) is 5.26 Å². The Labute approximate surface area is 152 Å². The molecule has 3 rings (SSSR count). The van der Waals surface area contributed by atoms with E-state index in [0.717, 1.165) is 16.7 Å². The van der Waals surface area contributed by atoms with Gasteiger partial charge in [-0.2, -0.15) is 5.26 Å². The highest BCUT2D eigenvalue weighted by Gasteiger charge is 2.05. The van der Waals surface area contributed by atoms with Crippen LogP contribution in [0.25, 0.3) is 11.1 Å². The summed E-state index contributed by atoms with van der Waals surface area (Å²) in [6.45, 7) is -0.0649. The van der Waals surface area contributed by atoms with Crippen LogP contribution in [0.15, 0.2) is 78.9 Å². The van der Waals surface area contributed by atoms with Crippen molar-refractivity contribution in [3.8, 4) is 22.9 Å². The first kappa shape index (κ1) is 17.2. The minimum absolute atomic E-state index is 0.0649. The summed E-state index contributed by atoms with van der Waals surface area (Å²) in [6.07, 6.45) is 0.357. The molecule has 0 spiro atoms. The van der Waals surface area contributed by atoms with Gasteiger partial charge in [-0.25, -0.2) is 0 Å². The van der Waals surface area contributed by atoms with Gasteiger partial charge in [0.05, 0.1) is 12.5 Å². The molecule has 0 radical (unpaired) electrons. The highest BCUT2D eigenvalue weighted by molar-refractivity contribution is 5.91. The molecule has 0 fully saturated rings. The number of anilines is 1. The van der Waals surface area contributed by atoms with E-state index in [2.05, 4.69) is 11.4 Å². The summed E-state index contributed by atoms with van der Waals surface area (Å²) in [5.74, 6) is 0.411. The van der Waals surface area contributed by atoms with E-state index < -0.39 is 0 Å². The van der Waals surface area contributed by atoms with E-state index >= 15 is 0 Å². The number of nitrogens with one attached hydrogen (secondary N) is 1. The van der Waals surface area contributed by atoms with Gasteiger partial charge in [0.25, 0.3) is 5.91 Å². The zero-order valence-electron chi connectivity index (χ0n) is 14.2. The van der Waals surface area contributed by atoms with Crippen LogP contribution < -0.4 is 10.1 Å². The van der Waals surface area contributed by atoms with Gasteiger partial charge in [-0.1, -0.05) is 54.6 Å². The van der Waals surface area contributed by atoms with Crippen LogP contribution in [-0.4, -0.2) is 12.5 Å². The summed E-state index contributed by atoms with van der Waals surface area (Å²) < 4.78 is 5.54. The summed E-state index contributed by atoms with van der Waals surface area (Å²) in [5, 5.41) is 11.4. The molecule has 0 aromatic heterocycles. The molecule has 4 nitrogen and oxygen atoms in total. The van der Waals surface area contributed by atoms with Crippen molar-refractivity contribution in [2.45, 2.75) is 6.42 Å². The minimum Gasteiger partial charge on any atom is -0.484 e. The van der Waals surface area contributed by atoms with E-state index in [1.54, 1.807) is 12.1 Å². The molecular formula is C22H18N2O2. The third-order valence-electron chi connectivity index (χ3n) is 3.85. The van der Waals surface area contributed by atoms with Gasteiger partial charge in [0.15, 0.2) is 6.61 Å². The van der Waals surface area contributed by atoms with Gasteiger partial charge in [-0.15, -0.1) is 0 Å². The maximum absolute atomic E-state index is 12.0. The number of hydrogen-bond acceptors (Lipinski definition) is 3. The van der Waals surface area contributed by atoms with E-state index in [0.29, 0.717) is 17.9 Å². The Bertz CT molecular complexity index is 896. The molecule has 3 aromatic carbocycles. The van der Waals surface area contributed by atoms with Crippen LogP contribution in [-0.2, 0) is 11.2 Å². The van der Waals surface area contributed by atoms with E-state index in [1.165, 1.54) is 0 Å². The van der Waals surface area contributed by atoms with E-state index in [1.807, 2.05) is 66.7 Å². The van der Waals surface area contributed by atoms with Gasteiger partial charge in [-0.05, 0) is 41.0 Å². The Morgan fingerprint density at radius 2 is 1.54 bits per heavy atom. The lowest BCUT2D eigenvalue weighted by Gasteiger charge is -2.09. The highest BCUT2D eigenvalue weighted by atomic mass is 16.5. The van der Waals surface area contributed by atoms with Crippen LogP contribution in [0.1, 0.15) is 5.56 Å². The molecule has 0 unspecified atom stereocenters. The first-order chi connectivity index (χ1) is 12.7. The SMILES string of the molecule is N#CCc1ccc(NC(=O)COc2ccc(-c3ccccc3)cc2)cc1. The molecule has 0 saturated carbocycles. The second-order valence-corrected chi connectivity index (χ2v) is 5.76. The molecule has 0 bridgehead atoms. The highest BCUT2D eigenvalue weighted by Crippen LogP contribution is 2.22. The Morgan fingerprint density at radius 1 is 0.885 bits per heavy atom.